The van der Waals surface area contributed by atoms with E-state index in [1.807, 2.05) is 91.0 Å². The summed E-state index contributed by atoms with van der Waals surface area (Å²) in [6, 6.07) is 37.4. The Labute approximate surface area is 235 Å². The first-order valence-corrected chi connectivity index (χ1v) is 13.5. The van der Waals surface area contributed by atoms with Crippen molar-refractivity contribution in [2.24, 2.45) is 5.41 Å². The Bertz CT molecular complexity index is 1440. The van der Waals surface area contributed by atoms with Crippen LogP contribution in [0.3, 0.4) is 0 Å². The van der Waals surface area contributed by atoms with Crippen LogP contribution in [0, 0.1) is 5.41 Å². The Hall–Kier alpha value is -4.70. The van der Waals surface area contributed by atoms with Gasteiger partial charge in [-0.15, -0.1) is 0 Å². The van der Waals surface area contributed by atoms with Crippen molar-refractivity contribution in [2.75, 3.05) is 0 Å². The number of allylic oxidation sites excluding steroid dienone is 3. The number of hydrogen-bond donors (Lipinski definition) is 0. The van der Waals surface area contributed by atoms with Gasteiger partial charge in [0, 0.05) is 0 Å². The van der Waals surface area contributed by atoms with Crippen molar-refractivity contribution in [1.29, 1.82) is 0 Å². The third kappa shape index (κ3) is 5.81. The van der Waals surface area contributed by atoms with Crippen LogP contribution in [0.2, 0.25) is 0 Å². The lowest BCUT2D eigenvalue weighted by Crippen LogP contribution is -2.41. The van der Waals surface area contributed by atoms with E-state index in [0.717, 1.165) is 33.4 Å². The predicted octanol–water partition coefficient (Wildman–Crippen LogP) is 8.29. The Morgan fingerprint density at radius 1 is 0.600 bits per heavy atom. The smallest absolute Gasteiger partial charge is 0.328 e. The summed E-state index contributed by atoms with van der Waals surface area (Å²) < 4.78 is 11.7. The van der Waals surface area contributed by atoms with Gasteiger partial charge < -0.3 is 9.47 Å². The van der Waals surface area contributed by atoms with Gasteiger partial charge in [0.25, 0.3) is 0 Å². The predicted molar refractivity (Wildman–Crippen MR) is 158 cm³/mol. The molecular formula is C36H32O4. The number of rotatable bonds is 8. The molecule has 0 bridgehead atoms. The third-order valence-electron chi connectivity index (χ3n) is 7.35. The van der Waals surface area contributed by atoms with Gasteiger partial charge in [-0.1, -0.05) is 133 Å². The number of esters is 2. The van der Waals surface area contributed by atoms with Crippen molar-refractivity contribution in [3.05, 3.63) is 150 Å². The van der Waals surface area contributed by atoms with Crippen molar-refractivity contribution in [2.45, 2.75) is 32.5 Å². The van der Waals surface area contributed by atoms with Crippen LogP contribution >= 0.6 is 0 Å². The fraction of sp³-hybridized carbons (Fsp3) is 0.167. The monoisotopic (exact) mass is 528 g/mol. The standard InChI is InChI=1S/C36H32O4/c1-26(28-12-6-3-7-13-28)39-34(37)36(35(38)40-27(2)29-14-8-4-9-15-29)24-22-33(23-25-36)32-20-18-31(19-21-32)30-16-10-5-11-17-30/h3-24,26-27H,25H2,1-2H3/t26-,27-/m0/s1. The van der Waals surface area contributed by atoms with Crippen molar-refractivity contribution < 1.29 is 19.1 Å². The highest BCUT2D eigenvalue weighted by molar-refractivity contribution is 6.04. The van der Waals surface area contributed by atoms with Gasteiger partial charge in [0.05, 0.1) is 0 Å². The Morgan fingerprint density at radius 2 is 1.02 bits per heavy atom. The molecule has 1 aliphatic carbocycles. The van der Waals surface area contributed by atoms with E-state index >= 15 is 0 Å². The van der Waals surface area contributed by atoms with E-state index in [0.29, 0.717) is 0 Å². The second-order valence-electron chi connectivity index (χ2n) is 10.0. The Balaban J connectivity index is 1.39. The van der Waals surface area contributed by atoms with Gasteiger partial charge in [-0.2, -0.15) is 0 Å². The number of carbonyl (C=O) groups excluding carboxylic acids is 2. The van der Waals surface area contributed by atoms with Gasteiger partial charge in [-0.25, -0.2) is 0 Å². The van der Waals surface area contributed by atoms with E-state index in [9.17, 15) is 9.59 Å². The zero-order valence-electron chi connectivity index (χ0n) is 22.7. The average molecular weight is 529 g/mol. The maximum Gasteiger partial charge on any atom is 0.328 e. The summed E-state index contributed by atoms with van der Waals surface area (Å²) in [4.78, 5) is 27.4. The highest BCUT2D eigenvalue weighted by Crippen LogP contribution is 2.39. The van der Waals surface area contributed by atoms with E-state index in [2.05, 4.69) is 36.4 Å². The largest absolute Gasteiger partial charge is 0.457 e. The molecule has 0 saturated carbocycles. The molecule has 4 nitrogen and oxygen atoms in total. The quantitative estimate of drug-likeness (QED) is 0.171. The zero-order chi connectivity index (χ0) is 28.0. The second-order valence-corrected chi connectivity index (χ2v) is 10.0. The summed E-state index contributed by atoms with van der Waals surface area (Å²) in [5.74, 6) is -1.25. The van der Waals surface area contributed by atoms with Crippen molar-refractivity contribution in [3.63, 3.8) is 0 Å². The lowest BCUT2D eigenvalue weighted by atomic mass is 9.78. The molecule has 5 rings (SSSR count). The van der Waals surface area contributed by atoms with Crippen molar-refractivity contribution >= 4 is 17.5 Å². The highest BCUT2D eigenvalue weighted by atomic mass is 16.6. The number of hydrogen-bond acceptors (Lipinski definition) is 4. The molecule has 0 spiro atoms. The molecule has 0 fully saturated rings. The first kappa shape index (κ1) is 26.9. The minimum Gasteiger partial charge on any atom is -0.457 e. The maximum absolute atomic E-state index is 13.7. The first-order valence-electron chi connectivity index (χ1n) is 13.5. The molecule has 0 heterocycles. The summed E-state index contributed by atoms with van der Waals surface area (Å²) in [6.07, 6.45) is 4.49. The van der Waals surface area contributed by atoms with E-state index in [4.69, 9.17) is 9.47 Å². The van der Waals surface area contributed by atoms with Gasteiger partial charge in [-0.3, -0.25) is 9.59 Å². The molecule has 40 heavy (non-hydrogen) atoms. The summed E-state index contributed by atoms with van der Waals surface area (Å²) in [5, 5.41) is 0. The lowest BCUT2D eigenvalue weighted by molar-refractivity contribution is -0.174. The van der Waals surface area contributed by atoms with Crippen LogP contribution in [0.15, 0.2) is 133 Å². The molecule has 0 N–H and O–H groups in total. The molecule has 4 aromatic carbocycles. The van der Waals surface area contributed by atoms with E-state index < -0.39 is 29.6 Å². The SMILES string of the molecule is C[C@H](OC(=O)C1(C(=O)O[C@@H](C)c2ccccc2)C=CC(c2ccc(-c3ccccc3)cc2)=CC1)c1ccccc1. The topological polar surface area (TPSA) is 52.6 Å². The number of benzene rings is 4. The molecule has 4 heteroatoms. The molecule has 0 aliphatic heterocycles. The van der Waals surface area contributed by atoms with E-state index in [1.165, 1.54) is 0 Å². The van der Waals surface area contributed by atoms with Crippen LogP contribution in [0.4, 0.5) is 0 Å². The third-order valence-corrected chi connectivity index (χ3v) is 7.35. The van der Waals surface area contributed by atoms with Crippen LogP contribution in [0.25, 0.3) is 16.7 Å². The number of carbonyl (C=O) groups is 2. The molecule has 0 unspecified atom stereocenters. The summed E-state index contributed by atoms with van der Waals surface area (Å²) in [7, 11) is 0. The molecule has 2 atom stereocenters. The minimum atomic E-state index is -1.58. The molecule has 4 aromatic rings. The van der Waals surface area contributed by atoms with Gasteiger partial charge in [-0.05, 0) is 53.7 Å². The molecule has 200 valence electrons. The van der Waals surface area contributed by atoms with E-state index in [1.54, 1.807) is 19.9 Å². The number of ether oxygens (including phenoxy) is 2. The molecule has 1 aliphatic rings. The maximum atomic E-state index is 13.7. The molecule has 0 saturated heterocycles. The first-order chi connectivity index (χ1) is 19.5. The Kier molecular flexibility index (Phi) is 8.07. The fourth-order valence-electron chi connectivity index (χ4n) is 4.84. The molecule has 0 radical (unpaired) electrons. The van der Waals surface area contributed by atoms with Crippen molar-refractivity contribution in [1.82, 2.24) is 0 Å². The second kappa shape index (κ2) is 12.0. The minimum absolute atomic E-state index is 0.139. The van der Waals surface area contributed by atoms with Crippen LogP contribution in [-0.4, -0.2) is 11.9 Å². The zero-order valence-corrected chi connectivity index (χ0v) is 22.7. The van der Waals surface area contributed by atoms with Crippen LogP contribution < -0.4 is 0 Å². The molecular weight excluding hydrogens is 496 g/mol. The average Bonchev–Trinajstić information content (AvgIpc) is 3.02. The Morgan fingerprint density at radius 3 is 1.48 bits per heavy atom. The normalized spacial score (nSPS) is 15.4. The van der Waals surface area contributed by atoms with Gasteiger partial charge in [0.1, 0.15) is 12.2 Å². The fourth-order valence-corrected chi connectivity index (χ4v) is 4.84. The molecule has 0 aromatic heterocycles. The van der Waals surface area contributed by atoms with E-state index in [-0.39, 0.29) is 6.42 Å². The highest BCUT2D eigenvalue weighted by Gasteiger charge is 2.48. The van der Waals surface area contributed by atoms with Crippen LogP contribution in [0.1, 0.15) is 49.2 Å². The lowest BCUT2D eigenvalue weighted by Gasteiger charge is -2.31. The van der Waals surface area contributed by atoms with Gasteiger partial charge in [0.15, 0.2) is 5.41 Å². The van der Waals surface area contributed by atoms with Crippen LogP contribution in [-0.2, 0) is 19.1 Å². The van der Waals surface area contributed by atoms with Crippen molar-refractivity contribution in [3.8, 4) is 11.1 Å². The molecule has 0 amide bonds. The van der Waals surface area contributed by atoms with Gasteiger partial charge in [0.2, 0.25) is 0 Å². The van der Waals surface area contributed by atoms with Gasteiger partial charge >= 0.3 is 11.9 Å². The summed E-state index contributed by atoms with van der Waals surface area (Å²) in [5.41, 5.74) is 4.32. The summed E-state index contributed by atoms with van der Waals surface area (Å²) in [6.45, 7) is 3.61. The summed E-state index contributed by atoms with van der Waals surface area (Å²) >= 11 is 0. The van der Waals surface area contributed by atoms with Crippen LogP contribution in [0.5, 0.6) is 0 Å².